The minimum atomic E-state index is -0.768. The summed E-state index contributed by atoms with van der Waals surface area (Å²) in [7, 11) is 0. The smallest absolute Gasteiger partial charge is 0.321 e. The molecule has 1 radical (unpaired) electrons. The molecule has 0 atom stereocenters. The van der Waals surface area contributed by atoms with Gasteiger partial charge in [-0.2, -0.15) is 0 Å². The van der Waals surface area contributed by atoms with Crippen LogP contribution in [-0.2, 0) is 11.2 Å². The van der Waals surface area contributed by atoms with Crippen LogP contribution in [0.4, 0.5) is 4.79 Å². The molecule has 73 valence electrons. The molecular weight excluding hydrogens is 180 g/mol. The third kappa shape index (κ3) is 2.90. The number of urea groups is 1. The van der Waals surface area contributed by atoms with Crippen LogP contribution in [0.1, 0.15) is 5.56 Å². The zero-order chi connectivity index (χ0) is 10.4. The first-order valence-corrected chi connectivity index (χ1v) is 4.22. The monoisotopic (exact) mass is 191 g/mol. The van der Waals surface area contributed by atoms with Crippen molar-refractivity contribution < 1.29 is 9.59 Å². The minimum Gasteiger partial charge on any atom is -0.351 e. The average molecular weight is 191 g/mol. The summed E-state index contributed by atoms with van der Waals surface area (Å²) in [6.45, 7) is 0.267. The molecule has 0 heterocycles. The topological polar surface area (TPSA) is 63.4 Å². The van der Waals surface area contributed by atoms with Crippen molar-refractivity contribution >= 4 is 12.4 Å². The molecule has 0 aliphatic heterocycles. The molecule has 0 unspecified atom stereocenters. The number of carbonyl (C=O) groups excluding carboxylic acids is 2. The Balaban J connectivity index is 2.47. The normalized spacial score (nSPS) is 9.43. The van der Waals surface area contributed by atoms with E-state index in [1.807, 2.05) is 30.3 Å². The van der Waals surface area contributed by atoms with Crippen molar-refractivity contribution in [1.29, 1.82) is 0 Å². The van der Waals surface area contributed by atoms with E-state index in [9.17, 15) is 9.59 Å². The maximum atomic E-state index is 10.6. The Hall–Kier alpha value is -1.84. The summed E-state index contributed by atoms with van der Waals surface area (Å²) >= 11 is 0. The highest BCUT2D eigenvalue weighted by atomic mass is 16.2. The maximum absolute atomic E-state index is 10.6. The first-order valence-electron chi connectivity index (χ1n) is 4.22. The summed E-state index contributed by atoms with van der Waals surface area (Å²) in [5.41, 5.74) is 5.99. The first-order chi connectivity index (χ1) is 6.74. The summed E-state index contributed by atoms with van der Waals surface area (Å²) in [5, 5.41) is 0. The van der Waals surface area contributed by atoms with Crippen LogP contribution in [-0.4, -0.2) is 23.9 Å². The second-order valence-corrected chi connectivity index (χ2v) is 2.82. The number of rotatable bonds is 4. The van der Waals surface area contributed by atoms with Gasteiger partial charge in [-0.15, -0.1) is 0 Å². The van der Waals surface area contributed by atoms with E-state index in [0.29, 0.717) is 6.42 Å². The largest absolute Gasteiger partial charge is 0.351 e. The molecule has 0 aliphatic carbocycles. The van der Waals surface area contributed by atoms with E-state index >= 15 is 0 Å². The van der Waals surface area contributed by atoms with Crippen LogP contribution in [0.25, 0.3) is 0 Å². The molecule has 4 nitrogen and oxygen atoms in total. The van der Waals surface area contributed by atoms with Crippen LogP contribution in [0.15, 0.2) is 30.3 Å². The fourth-order valence-electron chi connectivity index (χ4n) is 1.09. The van der Waals surface area contributed by atoms with Gasteiger partial charge in [-0.05, 0) is 12.0 Å². The van der Waals surface area contributed by atoms with Gasteiger partial charge in [0.1, 0.15) is 0 Å². The molecule has 0 aliphatic rings. The van der Waals surface area contributed by atoms with E-state index in [1.54, 1.807) is 0 Å². The lowest BCUT2D eigenvalue weighted by Crippen LogP contribution is -2.35. The molecule has 1 aromatic carbocycles. The Labute approximate surface area is 82.3 Å². The van der Waals surface area contributed by atoms with Gasteiger partial charge in [0.05, 0.1) is 0 Å². The second-order valence-electron chi connectivity index (χ2n) is 2.82. The highest BCUT2D eigenvalue weighted by Gasteiger charge is 2.08. The lowest BCUT2D eigenvalue weighted by molar-refractivity contribution is 0.228. The van der Waals surface area contributed by atoms with Crippen molar-refractivity contribution in [2.75, 3.05) is 6.54 Å². The van der Waals surface area contributed by atoms with E-state index in [1.165, 1.54) is 6.41 Å². The molecule has 0 aromatic heterocycles. The number of hydrogen-bond acceptors (Lipinski definition) is 2. The summed E-state index contributed by atoms with van der Waals surface area (Å²) in [6, 6.07) is 8.77. The summed E-state index contributed by atoms with van der Waals surface area (Å²) in [4.78, 5) is 21.7. The van der Waals surface area contributed by atoms with Crippen LogP contribution in [0.5, 0.6) is 0 Å². The van der Waals surface area contributed by atoms with E-state index in [-0.39, 0.29) is 6.54 Å². The predicted molar refractivity (Wildman–Crippen MR) is 52.1 cm³/mol. The lowest BCUT2D eigenvalue weighted by atomic mass is 10.1. The van der Waals surface area contributed by atoms with Gasteiger partial charge in [-0.1, -0.05) is 30.3 Å². The van der Waals surface area contributed by atoms with Crippen molar-refractivity contribution in [2.24, 2.45) is 5.73 Å². The molecule has 0 saturated heterocycles. The highest BCUT2D eigenvalue weighted by molar-refractivity contribution is 5.83. The van der Waals surface area contributed by atoms with Crippen molar-refractivity contribution in [3.63, 3.8) is 0 Å². The van der Waals surface area contributed by atoms with E-state index in [2.05, 4.69) is 0 Å². The fraction of sp³-hybridized carbons (Fsp3) is 0.200. The summed E-state index contributed by atoms with van der Waals surface area (Å²) < 4.78 is 0. The summed E-state index contributed by atoms with van der Waals surface area (Å²) in [5.74, 6) is 0. The van der Waals surface area contributed by atoms with Gasteiger partial charge >= 0.3 is 12.4 Å². The lowest BCUT2D eigenvalue weighted by Gasteiger charge is -2.10. The highest BCUT2D eigenvalue weighted by Crippen LogP contribution is 2.00. The molecule has 0 spiro atoms. The third-order valence-electron chi connectivity index (χ3n) is 1.84. The van der Waals surface area contributed by atoms with Crippen molar-refractivity contribution in [2.45, 2.75) is 6.42 Å². The SMILES string of the molecule is NC(=O)N([C]=O)CCc1ccccc1. The number of imide groups is 1. The van der Waals surface area contributed by atoms with Crippen LogP contribution >= 0.6 is 0 Å². The van der Waals surface area contributed by atoms with E-state index in [4.69, 9.17) is 5.73 Å². The second kappa shape index (κ2) is 5.01. The number of amides is 3. The molecule has 1 rings (SSSR count). The molecule has 2 N–H and O–H groups in total. The molecule has 0 bridgehead atoms. The maximum Gasteiger partial charge on any atom is 0.321 e. The first kappa shape index (κ1) is 10.2. The quantitative estimate of drug-likeness (QED) is 0.711. The number of nitrogens with two attached hydrogens (primary N) is 1. The summed E-state index contributed by atoms with van der Waals surface area (Å²) in [6.07, 6.45) is 2.08. The molecular formula is C10H11N2O2. The number of primary amides is 1. The van der Waals surface area contributed by atoms with Crippen LogP contribution in [0.2, 0.25) is 0 Å². The minimum absolute atomic E-state index is 0.267. The van der Waals surface area contributed by atoms with Gasteiger partial charge in [0.25, 0.3) is 0 Å². The van der Waals surface area contributed by atoms with Gasteiger partial charge in [0, 0.05) is 6.54 Å². The molecule has 0 fully saturated rings. The Morgan fingerprint density at radius 3 is 2.50 bits per heavy atom. The van der Waals surface area contributed by atoms with E-state index < -0.39 is 6.03 Å². The third-order valence-corrected chi connectivity index (χ3v) is 1.84. The van der Waals surface area contributed by atoms with Crippen molar-refractivity contribution in [1.82, 2.24) is 4.90 Å². The van der Waals surface area contributed by atoms with Gasteiger partial charge < -0.3 is 5.73 Å². The van der Waals surface area contributed by atoms with E-state index in [0.717, 1.165) is 10.5 Å². The van der Waals surface area contributed by atoms with Crippen molar-refractivity contribution in [3.05, 3.63) is 35.9 Å². The van der Waals surface area contributed by atoms with Crippen LogP contribution < -0.4 is 5.73 Å². The molecule has 14 heavy (non-hydrogen) atoms. The number of benzene rings is 1. The van der Waals surface area contributed by atoms with Crippen LogP contribution in [0.3, 0.4) is 0 Å². The molecule has 1 aromatic rings. The fourth-order valence-corrected chi connectivity index (χ4v) is 1.09. The van der Waals surface area contributed by atoms with Crippen molar-refractivity contribution in [3.8, 4) is 0 Å². The number of carbonyl (C=O) groups is 1. The number of hydrogen-bond donors (Lipinski definition) is 1. The molecule has 0 saturated carbocycles. The zero-order valence-electron chi connectivity index (χ0n) is 7.64. The average Bonchev–Trinajstić information content (AvgIpc) is 2.20. The van der Waals surface area contributed by atoms with Gasteiger partial charge in [0.15, 0.2) is 0 Å². The molecule has 3 amide bonds. The Bertz CT molecular complexity index is 311. The standard InChI is InChI=1S/C10H11N2O2/c11-10(14)12(8-13)7-6-9-4-2-1-3-5-9/h1-5H,6-7H2,(H2,11,14). The Morgan fingerprint density at radius 2 is 2.00 bits per heavy atom. The molecule has 4 heteroatoms. The van der Waals surface area contributed by atoms with Gasteiger partial charge in [-0.3, -0.25) is 9.69 Å². The zero-order valence-corrected chi connectivity index (χ0v) is 7.64. The van der Waals surface area contributed by atoms with Gasteiger partial charge in [-0.25, -0.2) is 4.79 Å². The Kier molecular flexibility index (Phi) is 3.67. The number of nitrogens with zero attached hydrogens (tertiary/aromatic N) is 1. The van der Waals surface area contributed by atoms with Gasteiger partial charge in [0.2, 0.25) is 0 Å². The predicted octanol–water partition coefficient (Wildman–Crippen LogP) is 0.677. The van der Waals surface area contributed by atoms with Crippen LogP contribution in [0, 0.1) is 0 Å². The Morgan fingerprint density at radius 1 is 1.36 bits per heavy atom.